The van der Waals surface area contributed by atoms with E-state index in [1.54, 1.807) is 6.07 Å². The highest BCUT2D eigenvalue weighted by atomic mass is 127. The Hall–Kier alpha value is -1.13. The molecular formula is C12H8ClF2IN2O2S. The van der Waals surface area contributed by atoms with Gasteiger partial charge >= 0.3 is 0 Å². The molecular weight excluding hydrogens is 437 g/mol. The first-order valence-electron chi connectivity index (χ1n) is 5.43. The standard InChI is InChI=1S/C12H8ClF2IN2O2S/c13-8-3-6(16)1-2-11(8)18-21(19,20)12-9(14)4-7(17)5-10(12)15/h1-5,18H,17H2. The van der Waals surface area contributed by atoms with E-state index in [9.17, 15) is 17.2 Å². The van der Waals surface area contributed by atoms with Crippen LogP contribution in [0.15, 0.2) is 35.2 Å². The number of rotatable bonds is 3. The number of hydrogen-bond donors (Lipinski definition) is 2. The quantitative estimate of drug-likeness (QED) is 0.561. The van der Waals surface area contributed by atoms with E-state index in [1.165, 1.54) is 12.1 Å². The maximum absolute atomic E-state index is 13.7. The summed E-state index contributed by atoms with van der Waals surface area (Å²) in [7, 11) is -4.47. The van der Waals surface area contributed by atoms with Gasteiger partial charge in [0.05, 0.1) is 10.7 Å². The molecule has 0 fully saturated rings. The van der Waals surface area contributed by atoms with E-state index in [0.29, 0.717) is 0 Å². The second-order valence-electron chi connectivity index (χ2n) is 4.04. The highest BCUT2D eigenvalue weighted by molar-refractivity contribution is 14.1. The van der Waals surface area contributed by atoms with Crippen LogP contribution in [0.25, 0.3) is 0 Å². The minimum absolute atomic E-state index is 0.0210. The van der Waals surface area contributed by atoms with Gasteiger partial charge in [-0.25, -0.2) is 17.2 Å². The molecule has 112 valence electrons. The third kappa shape index (κ3) is 3.55. The largest absolute Gasteiger partial charge is 0.399 e. The molecule has 2 rings (SSSR count). The predicted molar refractivity (Wildman–Crippen MR) is 85.7 cm³/mol. The summed E-state index contributed by atoms with van der Waals surface area (Å²) in [6.45, 7) is 0. The number of sulfonamides is 1. The fourth-order valence-corrected chi connectivity index (χ4v) is 3.76. The van der Waals surface area contributed by atoms with Gasteiger partial charge in [-0.2, -0.15) is 0 Å². The Labute approximate surface area is 138 Å². The van der Waals surface area contributed by atoms with Crippen molar-refractivity contribution in [3.63, 3.8) is 0 Å². The summed E-state index contributed by atoms with van der Waals surface area (Å²) in [6, 6.07) is 5.96. The summed E-state index contributed by atoms with van der Waals surface area (Å²) in [5, 5.41) is 0.113. The second kappa shape index (κ2) is 5.93. The van der Waals surface area contributed by atoms with Gasteiger partial charge in [-0.3, -0.25) is 4.72 Å². The van der Waals surface area contributed by atoms with Crippen LogP contribution in [-0.2, 0) is 10.0 Å². The number of halogens is 4. The van der Waals surface area contributed by atoms with Gasteiger partial charge in [-0.1, -0.05) is 11.6 Å². The zero-order valence-electron chi connectivity index (χ0n) is 10.2. The zero-order valence-corrected chi connectivity index (χ0v) is 13.9. The first-order chi connectivity index (χ1) is 9.70. The predicted octanol–water partition coefficient (Wildman–Crippen LogP) is 3.61. The van der Waals surface area contributed by atoms with Crippen molar-refractivity contribution in [3.05, 3.63) is 50.6 Å². The Morgan fingerprint density at radius 3 is 2.24 bits per heavy atom. The van der Waals surface area contributed by atoms with Crippen molar-refractivity contribution in [3.8, 4) is 0 Å². The van der Waals surface area contributed by atoms with E-state index >= 15 is 0 Å². The number of nitrogen functional groups attached to an aromatic ring is 1. The molecule has 0 bridgehead atoms. The number of benzene rings is 2. The molecule has 0 spiro atoms. The molecule has 9 heteroatoms. The fraction of sp³-hybridized carbons (Fsp3) is 0. The molecule has 0 aromatic heterocycles. The molecule has 0 unspecified atom stereocenters. The van der Waals surface area contributed by atoms with E-state index in [2.05, 4.69) is 0 Å². The number of anilines is 2. The summed E-state index contributed by atoms with van der Waals surface area (Å²) in [4.78, 5) is -1.11. The van der Waals surface area contributed by atoms with E-state index in [0.717, 1.165) is 15.7 Å². The van der Waals surface area contributed by atoms with Crippen LogP contribution in [0, 0.1) is 15.2 Å². The molecule has 0 aliphatic heterocycles. The molecule has 0 radical (unpaired) electrons. The molecule has 0 atom stereocenters. The summed E-state index contributed by atoms with van der Waals surface area (Å²) in [6.07, 6.45) is 0. The topological polar surface area (TPSA) is 72.2 Å². The van der Waals surface area contributed by atoms with Gasteiger partial charge in [-0.15, -0.1) is 0 Å². The van der Waals surface area contributed by atoms with E-state index in [-0.39, 0.29) is 16.4 Å². The molecule has 2 aromatic rings. The Bertz CT molecular complexity index is 792. The molecule has 4 nitrogen and oxygen atoms in total. The Balaban J connectivity index is 2.48. The van der Waals surface area contributed by atoms with Crippen molar-refractivity contribution in [2.45, 2.75) is 4.90 Å². The van der Waals surface area contributed by atoms with Gasteiger partial charge in [0.15, 0.2) is 4.90 Å². The fourth-order valence-electron chi connectivity index (χ4n) is 1.60. The van der Waals surface area contributed by atoms with Gasteiger partial charge in [-0.05, 0) is 52.9 Å². The highest BCUT2D eigenvalue weighted by Gasteiger charge is 2.25. The number of nitrogens with two attached hydrogens (primary N) is 1. The van der Waals surface area contributed by atoms with Gasteiger partial charge in [0.2, 0.25) is 0 Å². The van der Waals surface area contributed by atoms with Crippen molar-refractivity contribution in [2.75, 3.05) is 10.5 Å². The van der Waals surface area contributed by atoms with Gasteiger partial charge in [0.1, 0.15) is 11.6 Å². The summed E-state index contributed by atoms with van der Waals surface area (Å²) < 4.78 is 54.4. The average Bonchev–Trinajstić information content (AvgIpc) is 2.30. The normalized spacial score (nSPS) is 11.4. The summed E-state index contributed by atoms with van der Waals surface area (Å²) in [5.74, 6) is -2.55. The van der Waals surface area contributed by atoms with Crippen molar-refractivity contribution < 1.29 is 17.2 Å². The van der Waals surface area contributed by atoms with Crippen LogP contribution in [0.1, 0.15) is 0 Å². The minimum atomic E-state index is -4.47. The van der Waals surface area contributed by atoms with Crippen LogP contribution in [0.3, 0.4) is 0 Å². The summed E-state index contributed by atoms with van der Waals surface area (Å²) >= 11 is 7.88. The molecule has 0 saturated carbocycles. The van der Waals surface area contributed by atoms with Gasteiger partial charge in [0.25, 0.3) is 10.0 Å². The maximum Gasteiger partial charge on any atom is 0.267 e. The lowest BCUT2D eigenvalue weighted by atomic mass is 10.3. The van der Waals surface area contributed by atoms with Crippen LogP contribution in [0.5, 0.6) is 0 Å². The number of hydrogen-bond acceptors (Lipinski definition) is 3. The van der Waals surface area contributed by atoms with Gasteiger partial charge < -0.3 is 5.73 Å². The van der Waals surface area contributed by atoms with Crippen LogP contribution >= 0.6 is 34.2 Å². The van der Waals surface area contributed by atoms with E-state index in [4.69, 9.17) is 17.3 Å². The van der Waals surface area contributed by atoms with Crippen molar-refractivity contribution in [1.29, 1.82) is 0 Å². The second-order valence-corrected chi connectivity index (χ2v) is 7.32. The molecule has 0 aliphatic carbocycles. The maximum atomic E-state index is 13.7. The first-order valence-corrected chi connectivity index (χ1v) is 8.37. The molecule has 3 N–H and O–H groups in total. The summed E-state index contributed by atoms with van der Waals surface area (Å²) in [5.41, 5.74) is 5.06. The Morgan fingerprint density at radius 2 is 1.71 bits per heavy atom. The Kier molecular flexibility index (Phi) is 4.59. The lowest BCUT2D eigenvalue weighted by Gasteiger charge is -2.11. The highest BCUT2D eigenvalue weighted by Crippen LogP contribution is 2.28. The van der Waals surface area contributed by atoms with E-state index in [1.807, 2.05) is 27.3 Å². The monoisotopic (exact) mass is 444 g/mol. The molecule has 0 heterocycles. The molecule has 2 aromatic carbocycles. The minimum Gasteiger partial charge on any atom is -0.399 e. The molecule has 0 saturated heterocycles. The SMILES string of the molecule is Nc1cc(F)c(S(=O)(=O)Nc2ccc(I)cc2Cl)c(F)c1. The lowest BCUT2D eigenvalue weighted by molar-refractivity contribution is 0.522. The smallest absolute Gasteiger partial charge is 0.267 e. The lowest BCUT2D eigenvalue weighted by Crippen LogP contribution is -2.17. The van der Waals surface area contributed by atoms with Crippen molar-refractivity contribution >= 4 is 55.6 Å². The first kappa shape index (κ1) is 16.2. The Morgan fingerprint density at radius 1 is 1.14 bits per heavy atom. The molecule has 0 aliphatic rings. The van der Waals surface area contributed by atoms with Gasteiger partial charge in [0, 0.05) is 9.26 Å². The van der Waals surface area contributed by atoms with E-state index < -0.39 is 26.6 Å². The van der Waals surface area contributed by atoms with Crippen molar-refractivity contribution in [2.24, 2.45) is 0 Å². The third-order valence-corrected chi connectivity index (χ3v) is 4.86. The molecule has 21 heavy (non-hydrogen) atoms. The zero-order chi connectivity index (χ0) is 15.8. The van der Waals surface area contributed by atoms with Crippen molar-refractivity contribution in [1.82, 2.24) is 0 Å². The van der Waals surface area contributed by atoms with Crippen LogP contribution in [0.2, 0.25) is 5.02 Å². The van der Waals surface area contributed by atoms with Crippen LogP contribution in [0.4, 0.5) is 20.2 Å². The van der Waals surface area contributed by atoms with Crippen LogP contribution < -0.4 is 10.5 Å². The van der Waals surface area contributed by atoms with Crippen LogP contribution in [-0.4, -0.2) is 8.42 Å². The third-order valence-electron chi connectivity index (χ3n) is 2.46. The average molecular weight is 445 g/mol. The molecule has 0 amide bonds. The number of nitrogens with one attached hydrogen (secondary N) is 1.